The van der Waals surface area contributed by atoms with E-state index in [0.717, 1.165) is 44.7 Å². The standard InChI is InChI=1S/C54H36N2O/c1-3-12-37(13-4-1)38-22-27-44(28-23-38)55(43-16-5-2-6-17-43)45-29-24-39(25-30-45)40-14-11-15-41(34-40)42-26-33-52-50(35-42)47-18-7-9-20-51(47)56(52)46-31-32-49-48-19-8-10-21-53(48)57-54(49)36-46/h1-36H. The second-order valence-corrected chi connectivity index (χ2v) is 14.6. The number of anilines is 3. The SMILES string of the molecule is c1ccc(-c2ccc(N(c3ccccc3)c3ccc(-c4cccc(-c5ccc6c(c5)c5ccccc5n6-c5ccc6c(c5)oc5ccccc56)c4)cc3)cc2)cc1. The summed E-state index contributed by atoms with van der Waals surface area (Å²) in [6, 6.07) is 78.1. The maximum atomic E-state index is 6.30. The monoisotopic (exact) mass is 728 g/mol. The second-order valence-electron chi connectivity index (χ2n) is 14.6. The molecule has 0 saturated carbocycles. The smallest absolute Gasteiger partial charge is 0.137 e. The molecule has 11 rings (SSSR count). The summed E-state index contributed by atoms with van der Waals surface area (Å²) in [4.78, 5) is 2.31. The van der Waals surface area contributed by atoms with Crippen LogP contribution in [0.2, 0.25) is 0 Å². The molecule has 0 fully saturated rings. The van der Waals surface area contributed by atoms with Crippen molar-refractivity contribution in [3.8, 4) is 39.1 Å². The zero-order valence-corrected chi connectivity index (χ0v) is 31.1. The maximum absolute atomic E-state index is 6.30. The third-order valence-corrected chi connectivity index (χ3v) is 11.2. The van der Waals surface area contributed by atoms with E-state index in [1.165, 1.54) is 55.2 Å². The van der Waals surface area contributed by atoms with Crippen LogP contribution >= 0.6 is 0 Å². The fraction of sp³-hybridized carbons (Fsp3) is 0. The van der Waals surface area contributed by atoms with E-state index in [1.54, 1.807) is 0 Å². The van der Waals surface area contributed by atoms with E-state index in [9.17, 15) is 0 Å². The van der Waals surface area contributed by atoms with Gasteiger partial charge in [-0.25, -0.2) is 0 Å². The molecule has 0 atom stereocenters. The van der Waals surface area contributed by atoms with E-state index < -0.39 is 0 Å². The van der Waals surface area contributed by atoms with Crippen LogP contribution in [0.3, 0.4) is 0 Å². The number of para-hydroxylation sites is 3. The summed E-state index contributed by atoms with van der Waals surface area (Å²) in [5.74, 6) is 0. The molecule has 57 heavy (non-hydrogen) atoms. The number of nitrogens with zero attached hydrogens (tertiary/aromatic N) is 2. The lowest BCUT2D eigenvalue weighted by Crippen LogP contribution is -2.09. The molecule has 2 aromatic heterocycles. The highest BCUT2D eigenvalue weighted by molar-refractivity contribution is 6.11. The van der Waals surface area contributed by atoms with Crippen LogP contribution in [-0.2, 0) is 0 Å². The Morgan fingerprint density at radius 1 is 0.298 bits per heavy atom. The predicted molar refractivity (Wildman–Crippen MR) is 239 cm³/mol. The van der Waals surface area contributed by atoms with Crippen molar-refractivity contribution in [2.45, 2.75) is 0 Å². The average molecular weight is 729 g/mol. The minimum absolute atomic E-state index is 0.895. The third kappa shape index (κ3) is 5.76. The molecule has 11 aromatic rings. The Kier molecular flexibility index (Phi) is 7.82. The van der Waals surface area contributed by atoms with Gasteiger partial charge >= 0.3 is 0 Å². The zero-order valence-electron chi connectivity index (χ0n) is 31.1. The Morgan fingerprint density at radius 3 is 1.56 bits per heavy atom. The summed E-state index contributed by atoms with van der Waals surface area (Å²) in [5.41, 5.74) is 15.7. The highest BCUT2D eigenvalue weighted by atomic mass is 16.3. The minimum atomic E-state index is 0.895. The summed E-state index contributed by atoms with van der Waals surface area (Å²) in [5, 5.41) is 4.72. The number of aromatic nitrogens is 1. The van der Waals surface area contributed by atoms with Gasteiger partial charge in [0.15, 0.2) is 0 Å². The van der Waals surface area contributed by atoms with Crippen LogP contribution in [0.4, 0.5) is 17.1 Å². The van der Waals surface area contributed by atoms with Gasteiger partial charge in [-0.3, -0.25) is 0 Å². The van der Waals surface area contributed by atoms with Crippen LogP contribution in [0.25, 0.3) is 82.8 Å². The van der Waals surface area contributed by atoms with Crippen molar-refractivity contribution in [3.63, 3.8) is 0 Å². The number of fused-ring (bicyclic) bond motifs is 6. The second kappa shape index (κ2) is 13.6. The van der Waals surface area contributed by atoms with E-state index in [4.69, 9.17) is 4.42 Å². The molecule has 0 radical (unpaired) electrons. The zero-order chi connectivity index (χ0) is 37.7. The van der Waals surface area contributed by atoms with Gasteiger partial charge in [0.1, 0.15) is 11.2 Å². The Morgan fingerprint density at radius 2 is 0.807 bits per heavy atom. The van der Waals surface area contributed by atoms with Crippen LogP contribution in [0, 0.1) is 0 Å². The predicted octanol–water partition coefficient (Wildman–Crippen LogP) is 15.2. The van der Waals surface area contributed by atoms with Gasteiger partial charge in [-0.05, 0) is 112 Å². The first-order chi connectivity index (χ1) is 28.2. The fourth-order valence-corrected chi connectivity index (χ4v) is 8.42. The van der Waals surface area contributed by atoms with Crippen molar-refractivity contribution < 1.29 is 4.42 Å². The van der Waals surface area contributed by atoms with Crippen LogP contribution in [0.5, 0.6) is 0 Å². The van der Waals surface area contributed by atoms with Crippen molar-refractivity contribution in [2.24, 2.45) is 0 Å². The Hall–Kier alpha value is -7.62. The Bertz CT molecular complexity index is 3210. The summed E-state index contributed by atoms with van der Waals surface area (Å²) >= 11 is 0. The number of rotatable bonds is 7. The Balaban J connectivity index is 0.935. The lowest BCUT2D eigenvalue weighted by atomic mass is 9.97. The van der Waals surface area contributed by atoms with Gasteiger partial charge in [-0.1, -0.05) is 133 Å². The van der Waals surface area contributed by atoms with E-state index in [2.05, 4.69) is 216 Å². The highest BCUT2D eigenvalue weighted by Gasteiger charge is 2.16. The van der Waals surface area contributed by atoms with E-state index in [1.807, 2.05) is 12.1 Å². The molecular formula is C54H36N2O. The largest absolute Gasteiger partial charge is 0.456 e. The normalized spacial score (nSPS) is 11.5. The first kappa shape index (κ1) is 32.8. The molecule has 0 aliphatic carbocycles. The van der Waals surface area contributed by atoms with E-state index in [-0.39, 0.29) is 0 Å². The van der Waals surface area contributed by atoms with Crippen molar-refractivity contribution in [2.75, 3.05) is 4.90 Å². The lowest BCUT2D eigenvalue weighted by Gasteiger charge is -2.26. The molecule has 2 heterocycles. The number of furan rings is 1. The maximum Gasteiger partial charge on any atom is 0.137 e. The van der Waals surface area contributed by atoms with E-state index >= 15 is 0 Å². The molecule has 0 aliphatic rings. The first-order valence-electron chi connectivity index (χ1n) is 19.4. The van der Waals surface area contributed by atoms with Gasteiger partial charge in [0, 0.05) is 50.4 Å². The van der Waals surface area contributed by atoms with E-state index in [0.29, 0.717) is 0 Å². The minimum Gasteiger partial charge on any atom is -0.456 e. The topological polar surface area (TPSA) is 21.3 Å². The molecule has 268 valence electrons. The van der Waals surface area contributed by atoms with Crippen LogP contribution in [-0.4, -0.2) is 4.57 Å². The fourth-order valence-electron chi connectivity index (χ4n) is 8.42. The number of hydrogen-bond donors (Lipinski definition) is 0. The molecule has 0 unspecified atom stereocenters. The molecule has 0 saturated heterocycles. The molecular weight excluding hydrogens is 693 g/mol. The summed E-state index contributed by atoms with van der Waals surface area (Å²) in [7, 11) is 0. The summed E-state index contributed by atoms with van der Waals surface area (Å²) < 4.78 is 8.66. The number of benzene rings is 9. The van der Waals surface area contributed by atoms with Crippen molar-refractivity contribution >= 4 is 60.8 Å². The first-order valence-corrected chi connectivity index (χ1v) is 19.4. The van der Waals surface area contributed by atoms with Crippen LogP contribution in [0.15, 0.2) is 223 Å². The highest BCUT2D eigenvalue weighted by Crippen LogP contribution is 2.39. The molecule has 9 aromatic carbocycles. The van der Waals surface area contributed by atoms with Gasteiger partial charge in [-0.15, -0.1) is 0 Å². The van der Waals surface area contributed by atoms with Crippen molar-refractivity contribution in [1.29, 1.82) is 0 Å². The molecule has 0 aliphatic heterocycles. The van der Waals surface area contributed by atoms with Crippen LogP contribution < -0.4 is 4.90 Å². The lowest BCUT2D eigenvalue weighted by molar-refractivity contribution is 0.668. The van der Waals surface area contributed by atoms with Gasteiger partial charge < -0.3 is 13.9 Å². The third-order valence-electron chi connectivity index (χ3n) is 11.2. The molecule has 0 N–H and O–H groups in total. The van der Waals surface area contributed by atoms with Crippen molar-refractivity contribution in [1.82, 2.24) is 4.57 Å². The molecule has 0 spiro atoms. The van der Waals surface area contributed by atoms with Crippen LogP contribution in [0.1, 0.15) is 0 Å². The van der Waals surface area contributed by atoms with Gasteiger partial charge in [0.05, 0.1) is 11.0 Å². The summed E-state index contributed by atoms with van der Waals surface area (Å²) in [6.45, 7) is 0. The quantitative estimate of drug-likeness (QED) is 0.163. The van der Waals surface area contributed by atoms with Gasteiger partial charge in [0.25, 0.3) is 0 Å². The molecule has 3 nitrogen and oxygen atoms in total. The molecule has 3 heteroatoms. The van der Waals surface area contributed by atoms with Gasteiger partial charge in [-0.2, -0.15) is 0 Å². The molecule has 0 amide bonds. The Labute approximate surface area is 330 Å². The van der Waals surface area contributed by atoms with Gasteiger partial charge in [0.2, 0.25) is 0 Å². The average Bonchev–Trinajstić information content (AvgIpc) is 3.83. The number of hydrogen-bond acceptors (Lipinski definition) is 2. The summed E-state index contributed by atoms with van der Waals surface area (Å²) in [6.07, 6.45) is 0. The van der Waals surface area contributed by atoms with Crippen molar-refractivity contribution in [3.05, 3.63) is 218 Å². The molecule has 0 bridgehead atoms.